The van der Waals surface area contributed by atoms with E-state index < -0.39 is 5.97 Å². The van der Waals surface area contributed by atoms with Crippen molar-refractivity contribution in [2.75, 3.05) is 0 Å². The van der Waals surface area contributed by atoms with Crippen molar-refractivity contribution in [3.63, 3.8) is 0 Å². The molecule has 0 aromatic carbocycles. The average molecular weight is 280 g/mol. The van der Waals surface area contributed by atoms with Crippen molar-refractivity contribution >= 4 is 5.97 Å². The second-order valence-electron chi connectivity index (χ2n) is 3.27. The van der Waals surface area contributed by atoms with Gasteiger partial charge in [-0.3, -0.25) is 4.79 Å². The summed E-state index contributed by atoms with van der Waals surface area (Å²) in [6.07, 6.45) is 8.64. The molecule has 0 aliphatic rings. The molecular weight excluding hydrogens is 260 g/mol. The summed E-state index contributed by atoms with van der Waals surface area (Å²) in [6.45, 7) is 2.20. The van der Waals surface area contributed by atoms with Crippen LogP contribution >= 0.6 is 0 Å². The number of carbonyl (C=O) groups is 1. The van der Waals surface area contributed by atoms with E-state index in [1.165, 1.54) is 32.1 Å². The van der Waals surface area contributed by atoms with Gasteiger partial charge in [0.25, 0.3) is 0 Å². The van der Waals surface area contributed by atoms with Gasteiger partial charge in [-0.1, -0.05) is 45.4 Å². The van der Waals surface area contributed by atoms with E-state index in [9.17, 15) is 4.79 Å². The van der Waals surface area contributed by atoms with Crippen LogP contribution in [0.4, 0.5) is 0 Å². The molecule has 0 bridgehead atoms. The topological polar surface area (TPSA) is 37.3 Å². The summed E-state index contributed by atoms with van der Waals surface area (Å²) in [6, 6.07) is 0. The zero-order valence-corrected chi connectivity index (χ0v) is 9.80. The molecule has 0 saturated carbocycles. The maximum Gasteiger partial charge on any atom is 0.303 e. The number of unbranched alkanes of at least 4 members (excludes halogenated alkanes) is 6. The summed E-state index contributed by atoms with van der Waals surface area (Å²) in [5, 5.41) is 8.35. The van der Waals surface area contributed by atoms with Crippen LogP contribution in [0.25, 0.3) is 0 Å². The van der Waals surface area contributed by atoms with Gasteiger partial charge in [-0.25, -0.2) is 0 Å². The van der Waals surface area contributed by atoms with Crippen molar-refractivity contribution < 1.29 is 32.3 Å². The van der Waals surface area contributed by atoms with Crippen molar-refractivity contribution in [3.8, 4) is 0 Å². The monoisotopic (exact) mass is 279 g/mol. The third-order valence-corrected chi connectivity index (χ3v) is 1.99. The average Bonchev–Trinajstić information content (AvgIpc) is 2.02. The van der Waals surface area contributed by atoms with Crippen LogP contribution in [0.1, 0.15) is 58.3 Å². The minimum absolute atomic E-state index is 0. The van der Waals surface area contributed by atoms with Crippen LogP contribution in [0.3, 0.4) is 0 Å². The Bertz CT molecular complexity index is 115. The van der Waals surface area contributed by atoms with E-state index in [0.29, 0.717) is 6.42 Å². The Labute approximate surface area is 96.6 Å². The normalized spacial score (nSPS) is 9.31. The smallest absolute Gasteiger partial charge is 0.303 e. The van der Waals surface area contributed by atoms with Gasteiger partial charge in [0.15, 0.2) is 0 Å². The van der Waals surface area contributed by atoms with E-state index >= 15 is 0 Å². The summed E-state index contributed by atoms with van der Waals surface area (Å²) >= 11 is 0. The van der Waals surface area contributed by atoms with Crippen molar-refractivity contribution in [3.05, 3.63) is 0 Å². The fourth-order valence-electron chi connectivity index (χ4n) is 1.23. The van der Waals surface area contributed by atoms with Crippen LogP contribution in [0.15, 0.2) is 0 Å². The molecule has 1 radical (unpaired) electrons. The fraction of sp³-hybridized carbons (Fsp3) is 0.900. The third-order valence-electron chi connectivity index (χ3n) is 1.99. The Hall–Kier alpha value is 0.210. The molecule has 0 aliphatic carbocycles. The Kier molecular flexibility index (Phi) is 14.7. The minimum atomic E-state index is -0.663. The van der Waals surface area contributed by atoms with Crippen molar-refractivity contribution in [2.24, 2.45) is 0 Å². The van der Waals surface area contributed by atoms with E-state index in [-0.39, 0.29) is 22.4 Å². The Morgan fingerprint density at radius 1 is 1.00 bits per heavy atom. The maximum absolute atomic E-state index is 10.1. The fourth-order valence-corrected chi connectivity index (χ4v) is 1.23. The van der Waals surface area contributed by atoms with Crippen molar-refractivity contribution in [2.45, 2.75) is 58.3 Å². The van der Waals surface area contributed by atoms with Crippen LogP contribution in [-0.4, -0.2) is 11.1 Å². The van der Waals surface area contributed by atoms with Crippen LogP contribution in [0, 0.1) is 0 Å². The molecule has 13 heavy (non-hydrogen) atoms. The number of hydrogen-bond donors (Lipinski definition) is 1. The molecule has 0 saturated heterocycles. The second-order valence-corrected chi connectivity index (χ2v) is 3.27. The molecule has 0 heterocycles. The molecule has 0 amide bonds. The molecule has 0 rings (SSSR count). The van der Waals surface area contributed by atoms with E-state index in [4.69, 9.17) is 5.11 Å². The number of carboxylic acid groups (broad SMARTS) is 1. The van der Waals surface area contributed by atoms with Gasteiger partial charge in [-0.05, 0) is 6.42 Å². The van der Waals surface area contributed by atoms with Crippen molar-refractivity contribution in [1.82, 2.24) is 0 Å². The van der Waals surface area contributed by atoms with Gasteiger partial charge in [-0.2, -0.15) is 0 Å². The second kappa shape index (κ2) is 12.2. The molecular formula is C10H20AgO2. The van der Waals surface area contributed by atoms with Gasteiger partial charge >= 0.3 is 5.97 Å². The van der Waals surface area contributed by atoms with E-state index in [2.05, 4.69) is 6.92 Å². The predicted molar refractivity (Wildman–Crippen MR) is 50.2 cm³/mol. The van der Waals surface area contributed by atoms with Gasteiger partial charge in [0.2, 0.25) is 0 Å². The minimum Gasteiger partial charge on any atom is -0.481 e. The SMILES string of the molecule is CCCCCCCCCC(=O)O.[Ag]. The largest absolute Gasteiger partial charge is 0.481 e. The van der Waals surface area contributed by atoms with E-state index in [0.717, 1.165) is 12.8 Å². The van der Waals surface area contributed by atoms with Crippen LogP contribution in [-0.2, 0) is 27.2 Å². The quantitative estimate of drug-likeness (QED) is 0.547. The summed E-state index contributed by atoms with van der Waals surface area (Å²) in [5.41, 5.74) is 0. The van der Waals surface area contributed by atoms with Gasteiger partial charge in [-0.15, -0.1) is 0 Å². The molecule has 0 unspecified atom stereocenters. The van der Waals surface area contributed by atoms with Crippen LogP contribution in [0.2, 0.25) is 0 Å². The molecule has 3 heteroatoms. The first-order chi connectivity index (χ1) is 5.77. The number of rotatable bonds is 8. The zero-order chi connectivity index (χ0) is 9.23. The van der Waals surface area contributed by atoms with Crippen LogP contribution in [0.5, 0.6) is 0 Å². The molecule has 2 nitrogen and oxygen atoms in total. The van der Waals surface area contributed by atoms with Crippen molar-refractivity contribution in [1.29, 1.82) is 0 Å². The zero-order valence-electron chi connectivity index (χ0n) is 8.31. The summed E-state index contributed by atoms with van der Waals surface area (Å²) < 4.78 is 0. The number of hydrogen-bond acceptors (Lipinski definition) is 1. The summed E-state index contributed by atoms with van der Waals surface area (Å²) in [4.78, 5) is 10.1. The molecule has 83 valence electrons. The Morgan fingerprint density at radius 3 is 1.92 bits per heavy atom. The first kappa shape index (κ1) is 15.7. The molecule has 0 atom stereocenters. The Morgan fingerprint density at radius 2 is 1.46 bits per heavy atom. The third kappa shape index (κ3) is 15.0. The van der Waals surface area contributed by atoms with Gasteiger partial charge in [0, 0.05) is 28.8 Å². The van der Waals surface area contributed by atoms with Gasteiger partial charge < -0.3 is 5.11 Å². The predicted octanol–water partition coefficient (Wildman–Crippen LogP) is 3.21. The van der Waals surface area contributed by atoms with Crippen LogP contribution < -0.4 is 0 Å². The molecule has 0 fully saturated rings. The van der Waals surface area contributed by atoms with E-state index in [1.54, 1.807) is 0 Å². The summed E-state index contributed by atoms with van der Waals surface area (Å²) in [5.74, 6) is -0.663. The molecule has 1 N–H and O–H groups in total. The number of carboxylic acids is 1. The van der Waals surface area contributed by atoms with Gasteiger partial charge in [0.05, 0.1) is 0 Å². The molecule has 0 spiro atoms. The summed E-state index contributed by atoms with van der Waals surface area (Å²) in [7, 11) is 0. The first-order valence-electron chi connectivity index (χ1n) is 4.99. The maximum atomic E-state index is 10.1. The molecule has 0 aliphatic heterocycles. The Balaban J connectivity index is 0. The first-order valence-corrected chi connectivity index (χ1v) is 4.99. The standard InChI is InChI=1S/C10H20O2.Ag/c1-2-3-4-5-6-7-8-9-10(11)12;/h2-9H2,1H3,(H,11,12);. The van der Waals surface area contributed by atoms with E-state index in [1.807, 2.05) is 0 Å². The molecule has 0 aromatic heterocycles. The molecule has 0 aromatic rings. The number of aliphatic carboxylic acids is 1. The van der Waals surface area contributed by atoms with Gasteiger partial charge in [0.1, 0.15) is 0 Å².